The van der Waals surface area contributed by atoms with Crippen LogP contribution in [0.25, 0.3) is 0 Å². The minimum Gasteiger partial charge on any atom is -0.481 e. The number of benzene rings is 1. The van der Waals surface area contributed by atoms with Crippen LogP contribution >= 0.6 is 12.6 Å². The number of thiol groups is 1. The summed E-state index contributed by atoms with van der Waals surface area (Å²) in [5.41, 5.74) is 0.724. The van der Waals surface area contributed by atoms with E-state index in [1.807, 2.05) is 0 Å². The van der Waals surface area contributed by atoms with Crippen LogP contribution in [0.2, 0.25) is 0 Å². The van der Waals surface area contributed by atoms with Gasteiger partial charge in [-0.05, 0) is 18.9 Å². The number of rotatable bonds is 25. The molecule has 1 aromatic carbocycles. The summed E-state index contributed by atoms with van der Waals surface area (Å²) < 4.78 is 15.8. The highest BCUT2D eigenvalue weighted by atomic mass is 32.1. The van der Waals surface area contributed by atoms with E-state index in [1.165, 1.54) is 6.92 Å². The van der Waals surface area contributed by atoms with E-state index in [9.17, 15) is 43.8 Å². The molecule has 250 valence electrons. The third-order valence-corrected chi connectivity index (χ3v) is 6.49. The van der Waals surface area contributed by atoms with E-state index in [0.29, 0.717) is 19.0 Å². The predicted octanol–water partition coefficient (Wildman–Crippen LogP) is 1.19. The maximum atomic E-state index is 13.4. The highest BCUT2D eigenvalue weighted by Gasteiger charge is 2.32. The van der Waals surface area contributed by atoms with Crippen LogP contribution in [-0.4, -0.2) is 96.3 Å². The number of aliphatic carboxylic acids is 2. The van der Waals surface area contributed by atoms with Gasteiger partial charge in [-0.1, -0.05) is 30.3 Å². The molecule has 0 saturated heterocycles. The van der Waals surface area contributed by atoms with Gasteiger partial charge in [-0.25, -0.2) is 0 Å². The Labute approximate surface area is 267 Å². The van der Waals surface area contributed by atoms with Gasteiger partial charge >= 0.3 is 17.9 Å². The first-order chi connectivity index (χ1) is 21.4. The van der Waals surface area contributed by atoms with Gasteiger partial charge in [-0.2, -0.15) is 12.6 Å². The standard InChI is InChI=1S/C30H42N2O12S/c1-20(33)15-22(17-26(35)36)30(41)32-24(7-8-28(39)44-19-21-5-3-2-4-6-21)25(34)16-23(18-27(37)38)29(40)31-9-10-42-11-12-43-13-14-45/h2-6,22-24,45H,7-19H2,1H3,(H,31,40)(H,32,41)(H,35,36)(H,37,38)/t22-,23-,24+/m0/s1. The summed E-state index contributed by atoms with van der Waals surface area (Å²) in [6.45, 7) is 2.35. The number of carboxylic acids is 2. The fraction of sp³-hybridized carbons (Fsp3) is 0.567. The number of hydrogen-bond acceptors (Lipinski definition) is 11. The van der Waals surface area contributed by atoms with E-state index >= 15 is 0 Å². The quantitative estimate of drug-likeness (QED) is 0.0572. The van der Waals surface area contributed by atoms with Crippen molar-refractivity contribution in [3.8, 4) is 0 Å². The second-order valence-corrected chi connectivity index (χ2v) is 10.6. The molecule has 0 aliphatic rings. The molecule has 0 bridgehead atoms. The first kappa shape index (κ1) is 39.2. The van der Waals surface area contributed by atoms with Crippen molar-refractivity contribution in [1.29, 1.82) is 0 Å². The summed E-state index contributed by atoms with van der Waals surface area (Å²) in [7, 11) is 0. The van der Waals surface area contributed by atoms with Gasteiger partial charge in [0.25, 0.3) is 0 Å². The molecule has 2 amide bonds. The Bertz CT molecular complexity index is 1120. The molecule has 45 heavy (non-hydrogen) atoms. The normalized spacial score (nSPS) is 12.8. The molecule has 0 unspecified atom stereocenters. The molecule has 0 fully saturated rings. The number of amides is 2. The van der Waals surface area contributed by atoms with Gasteiger partial charge in [0, 0.05) is 31.6 Å². The van der Waals surface area contributed by atoms with Gasteiger partial charge in [-0.3, -0.25) is 28.8 Å². The molecule has 0 aliphatic carbocycles. The number of nitrogens with one attached hydrogen (secondary N) is 2. The maximum absolute atomic E-state index is 13.4. The molecule has 4 N–H and O–H groups in total. The van der Waals surface area contributed by atoms with Crippen LogP contribution in [0.3, 0.4) is 0 Å². The first-order valence-electron chi connectivity index (χ1n) is 14.4. The lowest BCUT2D eigenvalue weighted by Crippen LogP contribution is -2.46. The molecule has 14 nitrogen and oxygen atoms in total. The second-order valence-electron chi connectivity index (χ2n) is 10.2. The van der Waals surface area contributed by atoms with Crippen molar-refractivity contribution in [3.63, 3.8) is 0 Å². The number of carboxylic acid groups (broad SMARTS) is 2. The van der Waals surface area contributed by atoms with Crippen molar-refractivity contribution in [2.75, 3.05) is 38.7 Å². The summed E-state index contributed by atoms with van der Waals surface area (Å²) in [5.74, 6) is -8.24. The van der Waals surface area contributed by atoms with Gasteiger partial charge in [0.15, 0.2) is 5.78 Å². The van der Waals surface area contributed by atoms with Gasteiger partial charge in [0.1, 0.15) is 12.4 Å². The average Bonchev–Trinajstić information content (AvgIpc) is 2.98. The summed E-state index contributed by atoms with van der Waals surface area (Å²) in [6, 6.07) is 7.42. The second kappa shape index (κ2) is 22.7. The molecular formula is C30H42N2O12S. The molecule has 3 atom stereocenters. The number of hydrogen-bond donors (Lipinski definition) is 5. The van der Waals surface area contributed by atoms with Crippen LogP contribution in [-0.2, 0) is 54.4 Å². The van der Waals surface area contributed by atoms with E-state index in [-0.39, 0.29) is 39.2 Å². The molecule has 0 saturated carbocycles. The Balaban J connectivity index is 2.94. The minimum absolute atomic E-state index is 0.0306. The van der Waals surface area contributed by atoms with Crippen LogP contribution < -0.4 is 10.6 Å². The van der Waals surface area contributed by atoms with E-state index in [0.717, 1.165) is 5.56 Å². The molecule has 0 heterocycles. The van der Waals surface area contributed by atoms with Crippen LogP contribution in [0.4, 0.5) is 0 Å². The zero-order valence-electron chi connectivity index (χ0n) is 25.2. The number of carbonyl (C=O) groups is 7. The SMILES string of the molecule is CC(=O)C[C@@H](CC(=O)O)C(=O)N[C@H](CCC(=O)OCc1ccccc1)C(=O)C[C@@H](CC(=O)O)C(=O)NCCOCCOCCS. The van der Waals surface area contributed by atoms with Gasteiger partial charge < -0.3 is 39.9 Å². The molecule has 1 rings (SSSR count). The van der Waals surface area contributed by atoms with E-state index < -0.39 is 84.8 Å². The van der Waals surface area contributed by atoms with Crippen molar-refractivity contribution in [2.24, 2.45) is 11.8 Å². The maximum Gasteiger partial charge on any atom is 0.306 e. The predicted molar refractivity (Wildman–Crippen MR) is 162 cm³/mol. The van der Waals surface area contributed by atoms with Gasteiger partial charge in [-0.15, -0.1) is 0 Å². The molecule has 15 heteroatoms. The highest BCUT2D eigenvalue weighted by Crippen LogP contribution is 2.16. The monoisotopic (exact) mass is 654 g/mol. The van der Waals surface area contributed by atoms with Crippen LogP contribution in [0.15, 0.2) is 30.3 Å². The topological polar surface area (TPSA) is 212 Å². The fourth-order valence-corrected chi connectivity index (χ4v) is 4.25. The van der Waals surface area contributed by atoms with Crippen LogP contribution in [0.1, 0.15) is 51.0 Å². The van der Waals surface area contributed by atoms with Crippen molar-refractivity contribution in [3.05, 3.63) is 35.9 Å². The van der Waals surface area contributed by atoms with Gasteiger partial charge in [0.05, 0.1) is 57.1 Å². The summed E-state index contributed by atoms with van der Waals surface area (Å²) in [6.07, 6.45) is -2.98. The third-order valence-electron chi connectivity index (χ3n) is 6.30. The zero-order chi connectivity index (χ0) is 33.6. The number of Topliss-reactive ketones (excluding diaryl/α,β-unsaturated/α-hetero) is 2. The lowest BCUT2D eigenvalue weighted by molar-refractivity contribution is -0.145. The van der Waals surface area contributed by atoms with Crippen molar-refractivity contribution in [2.45, 2.75) is 58.1 Å². The smallest absolute Gasteiger partial charge is 0.306 e. The van der Waals surface area contributed by atoms with E-state index in [1.54, 1.807) is 30.3 Å². The Hall–Kier alpha value is -3.82. The number of ketones is 2. The van der Waals surface area contributed by atoms with Crippen molar-refractivity contribution < 1.29 is 58.0 Å². The third kappa shape index (κ3) is 18.6. The highest BCUT2D eigenvalue weighted by molar-refractivity contribution is 7.80. The Morgan fingerprint density at radius 2 is 1.40 bits per heavy atom. The van der Waals surface area contributed by atoms with Crippen molar-refractivity contribution in [1.82, 2.24) is 10.6 Å². The van der Waals surface area contributed by atoms with E-state index in [4.69, 9.17) is 14.2 Å². The summed E-state index contributed by atoms with van der Waals surface area (Å²) in [4.78, 5) is 86.0. The average molecular weight is 655 g/mol. The summed E-state index contributed by atoms with van der Waals surface area (Å²) in [5, 5.41) is 23.5. The largest absolute Gasteiger partial charge is 0.481 e. The lowest BCUT2D eigenvalue weighted by Gasteiger charge is -2.23. The minimum atomic E-state index is -1.39. The first-order valence-corrected chi connectivity index (χ1v) is 15.1. The van der Waals surface area contributed by atoms with Crippen LogP contribution in [0.5, 0.6) is 0 Å². The number of esters is 1. The van der Waals surface area contributed by atoms with Crippen LogP contribution in [0, 0.1) is 11.8 Å². The zero-order valence-corrected chi connectivity index (χ0v) is 26.1. The Morgan fingerprint density at radius 1 is 0.800 bits per heavy atom. The fourth-order valence-electron chi connectivity index (χ4n) is 4.12. The van der Waals surface area contributed by atoms with Gasteiger partial charge in [0.2, 0.25) is 11.8 Å². The molecular weight excluding hydrogens is 612 g/mol. The summed E-state index contributed by atoms with van der Waals surface area (Å²) >= 11 is 4.02. The lowest BCUT2D eigenvalue weighted by atomic mass is 9.92. The molecule has 0 aromatic heterocycles. The molecule has 1 aromatic rings. The Kier molecular flexibility index (Phi) is 19.7. The Morgan fingerprint density at radius 3 is 1.98 bits per heavy atom. The molecule has 0 spiro atoms. The van der Waals surface area contributed by atoms with Crippen molar-refractivity contribution >= 4 is 53.9 Å². The molecule has 0 aliphatic heterocycles. The van der Waals surface area contributed by atoms with E-state index in [2.05, 4.69) is 23.3 Å². The molecule has 0 radical (unpaired) electrons. The number of carbonyl (C=O) groups excluding carboxylic acids is 5. The number of ether oxygens (including phenoxy) is 3.